The first-order chi connectivity index (χ1) is 8.79. The summed E-state index contributed by atoms with van der Waals surface area (Å²) in [5, 5.41) is 4.94. The Morgan fingerprint density at radius 3 is 3.00 bits per heavy atom. The van der Waals surface area contributed by atoms with Gasteiger partial charge in [0.1, 0.15) is 0 Å². The van der Waals surface area contributed by atoms with Crippen LogP contribution in [0.3, 0.4) is 0 Å². The molecule has 0 bridgehead atoms. The normalized spacial score (nSPS) is 15.8. The van der Waals surface area contributed by atoms with Crippen molar-refractivity contribution in [2.45, 2.75) is 18.9 Å². The molecule has 1 aromatic rings. The van der Waals surface area contributed by atoms with Gasteiger partial charge in [-0.05, 0) is 30.4 Å². The minimum absolute atomic E-state index is 0.0175. The van der Waals surface area contributed by atoms with Crippen molar-refractivity contribution in [1.29, 1.82) is 0 Å². The molecule has 0 spiro atoms. The number of thioether (sulfide) groups is 1. The predicted molar refractivity (Wildman–Crippen MR) is 78.1 cm³/mol. The van der Waals surface area contributed by atoms with Gasteiger partial charge >= 0.3 is 0 Å². The van der Waals surface area contributed by atoms with Crippen molar-refractivity contribution in [1.82, 2.24) is 5.32 Å². The quantitative estimate of drug-likeness (QED) is 0.811. The molecule has 3 nitrogen and oxygen atoms in total. The van der Waals surface area contributed by atoms with Crippen molar-refractivity contribution in [2.75, 3.05) is 18.1 Å². The second-order valence-electron chi connectivity index (χ2n) is 4.07. The molecule has 5 heteroatoms. The Morgan fingerprint density at radius 2 is 2.28 bits per heavy atom. The zero-order chi connectivity index (χ0) is 12.8. The Labute approximate surface area is 116 Å². The standard InChI is InChI=1S/C13H16N2OS2/c14-5-1-2-12-8-10(9-18-12)13(16)15-11-3-6-17-7-4-11/h8-9,11H,3-7,14H2,(H,15,16). The fourth-order valence-electron chi connectivity index (χ4n) is 1.77. The van der Waals surface area contributed by atoms with Gasteiger partial charge in [0.25, 0.3) is 5.91 Å². The van der Waals surface area contributed by atoms with Crippen LogP contribution >= 0.6 is 23.1 Å². The molecule has 0 aromatic carbocycles. The van der Waals surface area contributed by atoms with Gasteiger partial charge in [0, 0.05) is 11.4 Å². The molecule has 1 fully saturated rings. The molecule has 2 heterocycles. The lowest BCUT2D eigenvalue weighted by Crippen LogP contribution is -2.37. The van der Waals surface area contributed by atoms with Gasteiger partial charge in [-0.3, -0.25) is 4.79 Å². The largest absolute Gasteiger partial charge is 0.349 e. The molecule has 3 N–H and O–H groups in total. The van der Waals surface area contributed by atoms with E-state index in [1.807, 2.05) is 23.2 Å². The zero-order valence-corrected chi connectivity index (χ0v) is 11.7. The van der Waals surface area contributed by atoms with Crippen LogP contribution in [0.1, 0.15) is 28.1 Å². The number of carbonyl (C=O) groups is 1. The summed E-state index contributed by atoms with van der Waals surface area (Å²) in [5.74, 6) is 8.03. The van der Waals surface area contributed by atoms with Gasteiger partial charge in [0.15, 0.2) is 0 Å². The highest BCUT2D eigenvalue weighted by atomic mass is 32.2. The maximum absolute atomic E-state index is 12.0. The summed E-state index contributed by atoms with van der Waals surface area (Å²) in [4.78, 5) is 12.9. The van der Waals surface area contributed by atoms with Crippen molar-refractivity contribution in [3.8, 4) is 11.8 Å². The van der Waals surface area contributed by atoms with E-state index in [0.29, 0.717) is 18.2 Å². The van der Waals surface area contributed by atoms with Crippen LogP contribution in [-0.2, 0) is 0 Å². The molecule has 96 valence electrons. The Hall–Kier alpha value is -0.960. The third-order valence-corrected chi connectivity index (χ3v) is 4.63. The van der Waals surface area contributed by atoms with E-state index in [-0.39, 0.29) is 5.91 Å². The fraction of sp³-hybridized carbons (Fsp3) is 0.462. The molecule has 1 aliphatic rings. The third kappa shape index (κ3) is 3.77. The number of carbonyl (C=O) groups excluding carboxylic acids is 1. The number of thiophene rings is 1. The number of hydrogen-bond acceptors (Lipinski definition) is 4. The van der Waals surface area contributed by atoms with E-state index >= 15 is 0 Å². The number of rotatable bonds is 2. The summed E-state index contributed by atoms with van der Waals surface area (Å²) in [5.41, 5.74) is 6.02. The van der Waals surface area contributed by atoms with E-state index in [1.54, 1.807) is 0 Å². The van der Waals surface area contributed by atoms with Gasteiger partial charge in [0.2, 0.25) is 0 Å². The lowest BCUT2D eigenvalue weighted by atomic mass is 10.1. The molecule has 0 radical (unpaired) electrons. The molecule has 0 saturated carbocycles. The number of nitrogens with two attached hydrogens (primary N) is 1. The van der Waals surface area contributed by atoms with E-state index in [1.165, 1.54) is 11.3 Å². The van der Waals surface area contributed by atoms with Crippen LogP contribution in [0.5, 0.6) is 0 Å². The van der Waals surface area contributed by atoms with Crippen molar-refractivity contribution in [3.05, 3.63) is 21.9 Å². The highest BCUT2D eigenvalue weighted by Gasteiger charge is 2.17. The summed E-state index contributed by atoms with van der Waals surface area (Å²) in [6.45, 7) is 0.346. The number of amides is 1. The molecule has 0 unspecified atom stereocenters. The van der Waals surface area contributed by atoms with Gasteiger partial charge in [-0.15, -0.1) is 11.3 Å². The van der Waals surface area contributed by atoms with Gasteiger partial charge in [-0.25, -0.2) is 0 Å². The highest BCUT2D eigenvalue weighted by molar-refractivity contribution is 7.99. The Morgan fingerprint density at radius 1 is 1.50 bits per heavy atom. The Kier molecular flexibility index (Phi) is 5.12. The van der Waals surface area contributed by atoms with Crippen molar-refractivity contribution in [2.24, 2.45) is 5.73 Å². The van der Waals surface area contributed by atoms with E-state index in [9.17, 15) is 4.79 Å². The van der Waals surface area contributed by atoms with Gasteiger partial charge in [0.05, 0.1) is 17.0 Å². The van der Waals surface area contributed by atoms with Crippen LogP contribution in [0.25, 0.3) is 0 Å². The first-order valence-electron chi connectivity index (χ1n) is 5.95. The zero-order valence-electron chi connectivity index (χ0n) is 10.1. The molecule has 1 aromatic heterocycles. The predicted octanol–water partition coefficient (Wildman–Crippen LogP) is 1.68. The average molecular weight is 280 g/mol. The highest BCUT2D eigenvalue weighted by Crippen LogP contribution is 2.18. The monoisotopic (exact) mass is 280 g/mol. The number of hydrogen-bond donors (Lipinski definition) is 2. The van der Waals surface area contributed by atoms with Gasteiger partial charge < -0.3 is 11.1 Å². The van der Waals surface area contributed by atoms with Crippen LogP contribution < -0.4 is 11.1 Å². The maximum atomic E-state index is 12.0. The van der Waals surface area contributed by atoms with E-state index in [0.717, 1.165) is 29.2 Å². The second kappa shape index (κ2) is 6.83. The van der Waals surface area contributed by atoms with E-state index in [2.05, 4.69) is 17.2 Å². The van der Waals surface area contributed by atoms with Crippen LogP contribution in [0, 0.1) is 11.8 Å². The fourth-order valence-corrected chi connectivity index (χ4v) is 3.63. The second-order valence-corrected chi connectivity index (χ2v) is 6.20. The summed E-state index contributed by atoms with van der Waals surface area (Å²) in [6.07, 6.45) is 2.14. The Balaban J connectivity index is 1.93. The molecule has 1 amide bonds. The van der Waals surface area contributed by atoms with Crippen LogP contribution in [0.2, 0.25) is 0 Å². The average Bonchev–Trinajstić information content (AvgIpc) is 2.86. The van der Waals surface area contributed by atoms with Crippen molar-refractivity contribution >= 4 is 29.0 Å². The van der Waals surface area contributed by atoms with Crippen LogP contribution in [0.15, 0.2) is 11.4 Å². The van der Waals surface area contributed by atoms with Crippen LogP contribution in [0.4, 0.5) is 0 Å². The first kappa shape index (κ1) is 13.5. The van der Waals surface area contributed by atoms with E-state index < -0.39 is 0 Å². The summed E-state index contributed by atoms with van der Waals surface area (Å²) < 4.78 is 0. The molecule has 18 heavy (non-hydrogen) atoms. The summed E-state index contributed by atoms with van der Waals surface area (Å²) >= 11 is 3.44. The molecule has 2 rings (SSSR count). The van der Waals surface area contributed by atoms with Crippen molar-refractivity contribution in [3.63, 3.8) is 0 Å². The first-order valence-corrected chi connectivity index (χ1v) is 7.99. The molecule has 1 aliphatic heterocycles. The third-order valence-electron chi connectivity index (χ3n) is 2.73. The Bertz CT molecular complexity index is 467. The van der Waals surface area contributed by atoms with Gasteiger partial charge in [-0.2, -0.15) is 11.8 Å². The van der Waals surface area contributed by atoms with E-state index in [4.69, 9.17) is 5.73 Å². The topological polar surface area (TPSA) is 55.1 Å². The molecular weight excluding hydrogens is 264 g/mol. The van der Waals surface area contributed by atoms with Gasteiger partial charge in [-0.1, -0.05) is 11.8 Å². The lowest BCUT2D eigenvalue weighted by Gasteiger charge is -2.22. The molecule has 1 saturated heterocycles. The van der Waals surface area contributed by atoms with Crippen LogP contribution in [-0.4, -0.2) is 30.0 Å². The SMILES string of the molecule is NCC#Cc1cc(C(=O)NC2CCSCC2)cs1. The molecule has 0 aliphatic carbocycles. The minimum Gasteiger partial charge on any atom is -0.349 e. The maximum Gasteiger partial charge on any atom is 0.252 e. The molecular formula is C13H16N2OS2. The molecule has 0 atom stereocenters. The summed E-state index contributed by atoms with van der Waals surface area (Å²) in [7, 11) is 0. The summed E-state index contributed by atoms with van der Waals surface area (Å²) in [6, 6.07) is 2.16. The van der Waals surface area contributed by atoms with Crippen molar-refractivity contribution < 1.29 is 4.79 Å². The lowest BCUT2D eigenvalue weighted by molar-refractivity contribution is 0.0935. The minimum atomic E-state index is 0.0175. The number of nitrogens with one attached hydrogen (secondary N) is 1. The smallest absolute Gasteiger partial charge is 0.252 e.